The molecule has 5 heteroatoms. The van der Waals surface area contributed by atoms with E-state index in [2.05, 4.69) is 5.32 Å². The third-order valence-corrected chi connectivity index (χ3v) is 1.98. The number of aliphatic hydroxyl groups excluding tert-OH is 2. The van der Waals surface area contributed by atoms with E-state index in [-0.39, 0.29) is 18.9 Å². The van der Waals surface area contributed by atoms with E-state index in [4.69, 9.17) is 14.9 Å². The van der Waals surface area contributed by atoms with Crippen LogP contribution in [0.1, 0.15) is 6.92 Å². The van der Waals surface area contributed by atoms with Gasteiger partial charge >= 0.3 is 0 Å². The van der Waals surface area contributed by atoms with E-state index in [9.17, 15) is 4.39 Å². The maximum atomic E-state index is 13.4. The lowest BCUT2D eigenvalue weighted by atomic mass is 10.2. The summed E-state index contributed by atoms with van der Waals surface area (Å²) in [5, 5.41) is 20.5. The van der Waals surface area contributed by atoms with Gasteiger partial charge in [-0.2, -0.15) is 0 Å². The van der Waals surface area contributed by atoms with Gasteiger partial charge in [0.1, 0.15) is 0 Å². The molecule has 16 heavy (non-hydrogen) atoms. The number of rotatable bonds is 6. The first kappa shape index (κ1) is 12.7. The van der Waals surface area contributed by atoms with Crippen LogP contribution in [0, 0.1) is 5.82 Å². The number of anilines is 1. The summed E-state index contributed by atoms with van der Waals surface area (Å²) >= 11 is 0. The molecule has 1 aromatic carbocycles. The van der Waals surface area contributed by atoms with E-state index < -0.39 is 11.9 Å². The van der Waals surface area contributed by atoms with Gasteiger partial charge in [0.05, 0.1) is 19.3 Å². The predicted octanol–water partition coefficient (Wildman–Crippen LogP) is 0.989. The molecule has 0 saturated carbocycles. The molecule has 0 aliphatic rings. The fourth-order valence-corrected chi connectivity index (χ4v) is 1.18. The fourth-order valence-electron chi connectivity index (χ4n) is 1.18. The molecule has 0 aliphatic carbocycles. The molecule has 0 fully saturated rings. The van der Waals surface area contributed by atoms with E-state index >= 15 is 0 Å². The van der Waals surface area contributed by atoms with Crippen LogP contribution in [0.25, 0.3) is 0 Å². The minimum absolute atomic E-state index is 0.171. The second-order valence-corrected chi connectivity index (χ2v) is 3.30. The zero-order valence-corrected chi connectivity index (χ0v) is 9.11. The first-order valence-corrected chi connectivity index (χ1v) is 5.12. The van der Waals surface area contributed by atoms with Crippen molar-refractivity contribution in [2.45, 2.75) is 13.0 Å². The van der Waals surface area contributed by atoms with Crippen molar-refractivity contribution in [3.05, 3.63) is 24.0 Å². The molecule has 0 heterocycles. The number of nitrogens with one attached hydrogen (secondary N) is 1. The number of ether oxygens (including phenoxy) is 1. The molecular formula is C11H16FNO3. The second kappa shape index (κ2) is 6.30. The van der Waals surface area contributed by atoms with Crippen molar-refractivity contribution in [3.63, 3.8) is 0 Å². The zero-order chi connectivity index (χ0) is 12.0. The Labute approximate surface area is 93.7 Å². The van der Waals surface area contributed by atoms with E-state index in [1.165, 1.54) is 12.1 Å². The summed E-state index contributed by atoms with van der Waals surface area (Å²) in [6.45, 7) is 2.03. The summed E-state index contributed by atoms with van der Waals surface area (Å²) in [6, 6.07) is 4.46. The maximum absolute atomic E-state index is 13.4. The molecule has 0 aliphatic heterocycles. The fraction of sp³-hybridized carbons (Fsp3) is 0.455. The van der Waals surface area contributed by atoms with Crippen LogP contribution in [0.5, 0.6) is 5.75 Å². The number of benzene rings is 1. The molecule has 0 aromatic heterocycles. The zero-order valence-electron chi connectivity index (χ0n) is 9.11. The van der Waals surface area contributed by atoms with Crippen LogP contribution in [-0.2, 0) is 0 Å². The predicted molar refractivity (Wildman–Crippen MR) is 59.2 cm³/mol. The van der Waals surface area contributed by atoms with Gasteiger partial charge in [0.15, 0.2) is 11.6 Å². The summed E-state index contributed by atoms with van der Waals surface area (Å²) < 4.78 is 18.4. The highest BCUT2D eigenvalue weighted by Crippen LogP contribution is 2.20. The minimum atomic E-state index is -0.852. The van der Waals surface area contributed by atoms with E-state index in [0.29, 0.717) is 12.3 Å². The Hall–Kier alpha value is -1.33. The van der Waals surface area contributed by atoms with Crippen LogP contribution < -0.4 is 10.1 Å². The van der Waals surface area contributed by atoms with Crippen molar-refractivity contribution >= 4 is 5.69 Å². The number of halogens is 1. The summed E-state index contributed by atoms with van der Waals surface area (Å²) in [5.74, 6) is -0.249. The van der Waals surface area contributed by atoms with Crippen molar-refractivity contribution in [3.8, 4) is 5.75 Å². The summed E-state index contributed by atoms with van der Waals surface area (Å²) in [6.07, 6.45) is -0.852. The van der Waals surface area contributed by atoms with Crippen molar-refractivity contribution in [1.29, 1.82) is 0 Å². The molecule has 0 amide bonds. The molecule has 3 N–H and O–H groups in total. The van der Waals surface area contributed by atoms with Gasteiger partial charge in [0.25, 0.3) is 0 Å². The second-order valence-electron chi connectivity index (χ2n) is 3.30. The Morgan fingerprint density at radius 2 is 2.25 bits per heavy atom. The van der Waals surface area contributed by atoms with Crippen LogP contribution in [0.3, 0.4) is 0 Å². The molecule has 0 radical (unpaired) electrons. The SMILES string of the molecule is CCOc1ccc(NCC(O)CO)cc1F. The van der Waals surface area contributed by atoms with Crippen LogP contribution in [0.4, 0.5) is 10.1 Å². The summed E-state index contributed by atoms with van der Waals surface area (Å²) in [5.41, 5.74) is 0.536. The molecular weight excluding hydrogens is 213 g/mol. The lowest BCUT2D eigenvalue weighted by molar-refractivity contribution is 0.105. The number of aliphatic hydroxyl groups is 2. The average Bonchev–Trinajstić information content (AvgIpc) is 2.29. The lowest BCUT2D eigenvalue weighted by Crippen LogP contribution is -2.22. The Balaban J connectivity index is 2.59. The molecule has 0 saturated heterocycles. The average molecular weight is 229 g/mol. The van der Waals surface area contributed by atoms with E-state index in [1.807, 2.05) is 0 Å². The Morgan fingerprint density at radius 3 is 2.81 bits per heavy atom. The van der Waals surface area contributed by atoms with E-state index in [1.54, 1.807) is 13.0 Å². The molecule has 1 atom stereocenters. The van der Waals surface area contributed by atoms with Crippen LogP contribution in [-0.4, -0.2) is 36.1 Å². The van der Waals surface area contributed by atoms with Gasteiger partial charge in [0.2, 0.25) is 0 Å². The Bertz CT molecular complexity index is 333. The van der Waals surface area contributed by atoms with Crippen LogP contribution in [0.2, 0.25) is 0 Å². The quantitative estimate of drug-likeness (QED) is 0.680. The highest BCUT2D eigenvalue weighted by Gasteiger charge is 2.05. The van der Waals surface area contributed by atoms with Crippen molar-refractivity contribution in [1.82, 2.24) is 0 Å². The largest absolute Gasteiger partial charge is 0.491 e. The van der Waals surface area contributed by atoms with Crippen LogP contribution in [0.15, 0.2) is 18.2 Å². The van der Waals surface area contributed by atoms with Gasteiger partial charge in [-0.25, -0.2) is 4.39 Å². The maximum Gasteiger partial charge on any atom is 0.167 e. The standard InChI is InChI=1S/C11H16FNO3/c1-2-16-11-4-3-8(5-10(11)12)13-6-9(15)7-14/h3-5,9,13-15H,2,6-7H2,1H3. The Kier molecular flexibility index (Phi) is 5.01. The molecule has 0 bridgehead atoms. The topological polar surface area (TPSA) is 61.7 Å². The van der Waals surface area contributed by atoms with Gasteiger partial charge < -0.3 is 20.3 Å². The van der Waals surface area contributed by atoms with Gasteiger partial charge in [-0.05, 0) is 19.1 Å². The van der Waals surface area contributed by atoms with Gasteiger partial charge in [0, 0.05) is 18.3 Å². The Morgan fingerprint density at radius 1 is 1.50 bits per heavy atom. The first-order chi connectivity index (χ1) is 7.67. The molecule has 4 nitrogen and oxygen atoms in total. The minimum Gasteiger partial charge on any atom is -0.491 e. The van der Waals surface area contributed by atoms with Crippen molar-refractivity contribution in [2.75, 3.05) is 25.1 Å². The first-order valence-electron chi connectivity index (χ1n) is 5.12. The molecule has 0 spiro atoms. The van der Waals surface area contributed by atoms with E-state index in [0.717, 1.165) is 0 Å². The molecule has 1 aromatic rings. The molecule has 1 unspecified atom stereocenters. The van der Waals surface area contributed by atoms with Gasteiger partial charge in [-0.3, -0.25) is 0 Å². The smallest absolute Gasteiger partial charge is 0.167 e. The van der Waals surface area contributed by atoms with Crippen molar-refractivity contribution in [2.24, 2.45) is 0 Å². The van der Waals surface area contributed by atoms with Crippen LogP contribution >= 0.6 is 0 Å². The summed E-state index contributed by atoms with van der Waals surface area (Å²) in [4.78, 5) is 0. The highest BCUT2D eigenvalue weighted by molar-refractivity contribution is 5.47. The summed E-state index contributed by atoms with van der Waals surface area (Å²) in [7, 11) is 0. The third kappa shape index (κ3) is 3.67. The van der Waals surface area contributed by atoms with Gasteiger partial charge in [-0.1, -0.05) is 0 Å². The molecule has 90 valence electrons. The number of hydrogen-bond acceptors (Lipinski definition) is 4. The normalized spacial score (nSPS) is 12.2. The lowest BCUT2D eigenvalue weighted by Gasteiger charge is -2.11. The monoisotopic (exact) mass is 229 g/mol. The van der Waals surface area contributed by atoms with Gasteiger partial charge in [-0.15, -0.1) is 0 Å². The number of hydrogen-bond donors (Lipinski definition) is 3. The molecule has 1 rings (SSSR count). The highest BCUT2D eigenvalue weighted by atomic mass is 19.1. The van der Waals surface area contributed by atoms with Crippen molar-refractivity contribution < 1.29 is 19.3 Å². The third-order valence-electron chi connectivity index (χ3n) is 1.98.